The molecule has 7 nitrogen and oxygen atoms in total. The minimum atomic E-state index is -3.51. The molecular formula is C21H21N3O4S2. The Morgan fingerprint density at radius 1 is 1.20 bits per heavy atom. The second-order valence-corrected chi connectivity index (χ2v) is 9.73. The number of aryl methyl sites for hydroxylation is 1. The summed E-state index contributed by atoms with van der Waals surface area (Å²) in [7, 11) is -1.81. The molecule has 4 rings (SSSR count). The topological polar surface area (TPSA) is 88.6 Å². The summed E-state index contributed by atoms with van der Waals surface area (Å²) in [5.41, 5.74) is 3.03. The van der Waals surface area contributed by atoms with E-state index in [1.165, 1.54) is 11.3 Å². The summed E-state index contributed by atoms with van der Waals surface area (Å²) in [6, 6.07) is 14.9. The first-order valence-corrected chi connectivity index (χ1v) is 11.9. The zero-order valence-corrected chi connectivity index (χ0v) is 18.2. The predicted molar refractivity (Wildman–Crippen MR) is 119 cm³/mol. The van der Waals surface area contributed by atoms with Gasteiger partial charge in [-0.2, -0.15) is 0 Å². The van der Waals surface area contributed by atoms with Crippen LogP contribution in [-0.4, -0.2) is 38.2 Å². The highest BCUT2D eigenvalue weighted by Crippen LogP contribution is 2.37. The number of carbonyl (C=O) groups excluding carboxylic acids is 1. The first kappa shape index (κ1) is 20.4. The minimum absolute atomic E-state index is 0.0206. The van der Waals surface area contributed by atoms with Crippen LogP contribution in [0.25, 0.3) is 11.3 Å². The van der Waals surface area contributed by atoms with Crippen molar-refractivity contribution in [2.45, 2.75) is 19.4 Å². The van der Waals surface area contributed by atoms with Gasteiger partial charge < -0.3 is 9.64 Å². The van der Waals surface area contributed by atoms with Gasteiger partial charge in [-0.1, -0.05) is 30.3 Å². The average molecular weight is 444 g/mol. The van der Waals surface area contributed by atoms with Gasteiger partial charge in [0.25, 0.3) is 5.91 Å². The monoisotopic (exact) mass is 443 g/mol. The summed E-state index contributed by atoms with van der Waals surface area (Å²) in [6.45, 7) is 1.71. The molecule has 0 aliphatic carbocycles. The van der Waals surface area contributed by atoms with Crippen molar-refractivity contribution in [1.29, 1.82) is 0 Å². The first-order valence-electron chi connectivity index (χ1n) is 9.41. The number of fused-ring (bicyclic) bond motifs is 1. The third-order valence-corrected chi connectivity index (χ3v) is 6.98. The molecule has 0 saturated carbocycles. The number of benzene rings is 2. The number of hydrogen-bond donors (Lipinski definition) is 1. The molecule has 156 valence electrons. The number of anilines is 2. The molecule has 1 N–H and O–H groups in total. The number of carbonyl (C=O) groups is 1. The van der Waals surface area contributed by atoms with E-state index in [9.17, 15) is 13.2 Å². The third kappa shape index (κ3) is 4.31. The second-order valence-electron chi connectivity index (χ2n) is 7.03. The molecule has 1 atom stereocenters. The van der Waals surface area contributed by atoms with Gasteiger partial charge in [0.15, 0.2) is 11.2 Å². The Labute approximate surface area is 179 Å². The van der Waals surface area contributed by atoms with Crippen LogP contribution < -0.4 is 14.4 Å². The first-order chi connectivity index (χ1) is 14.3. The van der Waals surface area contributed by atoms with Crippen LogP contribution in [0.5, 0.6) is 5.75 Å². The van der Waals surface area contributed by atoms with Crippen molar-refractivity contribution >= 4 is 38.1 Å². The van der Waals surface area contributed by atoms with Crippen LogP contribution in [0.1, 0.15) is 12.5 Å². The summed E-state index contributed by atoms with van der Waals surface area (Å²) in [4.78, 5) is 18.1. The molecular weight excluding hydrogens is 422 g/mol. The van der Waals surface area contributed by atoms with Crippen molar-refractivity contribution in [1.82, 2.24) is 4.98 Å². The van der Waals surface area contributed by atoms with Crippen LogP contribution in [0.4, 0.5) is 10.8 Å². The summed E-state index contributed by atoms with van der Waals surface area (Å²) in [5, 5.41) is 2.09. The highest BCUT2D eigenvalue weighted by Gasteiger charge is 2.29. The molecule has 0 fully saturated rings. The molecule has 0 saturated heterocycles. The quantitative estimate of drug-likeness (QED) is 0.630. The molecule has 0 bridgehead atoms. The predicted octanol–water partition coefficient (Wildman–Crippen LogP) is 3.54. The van der Waals surface area contributed by atoms with Gasteiger partial charge in [0, 0.05) is 18.0 Å². The summed E-state index contributed by atoms with van der Waals surface area (Å²) >= 11 is 1.22. The third-order valence-electron chi connectivity index (χ3n) is 4.85. The Bertz CT molecular complexity index is 1180. The fraction of sp³-hybridized carbons (Fsp3) is 0.238. The molecule has 1 unspecified atom stereocenters. The molecule has 1 aliphatic rings. The lowest BCUT2D eigenvalue weighted by Gasteiger charge is -2.30. The lowest BCUT2D eigenvalue weighted by atomic mass is 10.1. The Morgan fingerprint density at radius 2 is 1.97 bits per heavy atom. The normalized spacial score (nSPS) is 16.1. The van der Waals surface area contributed by atoms with Crippen molar-refractivity contribution in [3.63, 3.8) is 0 Å². The fourth-order valence-corrected chi connectivity index (χ4v) is 5.26. The lowest BCUT2D eigenvalue weighted by molar-refractivity contribution is -0.125. The largest absolute Gasteiger partial charge is 0.479 e. The Morgan fingerprint density at radius 3 is 2.73 bits per heavy atom. The van der Waals surface area contributed by atoms with Gasteiger partial charge in [-0.05, 0) is 37.1 Å². The van der Waals surface area contributed by atoms with E-state index in [-0.39, 0.29) is 11.7 Å². The van der Waals surface area contributed by atoms with Crippen molar-refractivity contribution in [2.24, 2.45) is 0 Å². The summed E-state index contributed by atoms with van der Waals surface area (Å²) < 4.78 is 33.0. The van der Waals surface area contributed by atoms with Crippen molar-refractivity contribution < 1.29 is 17.9 Å². The second kappa shape index (κ2) is 8.08. The molecule has 1 aliphatic heterocycles. The molecule has 2 heterocycles. The Balaban J connectivity index is 1.48. The number of amides is 1. The zero-order chi connectivity index (χ0) is 21.3. The fourth-order valence-electron chi connectivity index (χ4n) is 3.20. The molecule has 30 heavy (non-hydrogen) atoms. The Kier molecular flexibility index (Phi) is 5.48. The molecule has 9 heteroatoms. The van der Waals surface area contributed by atoms with Crippen LogP contribution in [0.2, 0.25) is 0 Å². The van der Waals surface area contributed by atoms with Crippen LogP contribution in [0.3, 0.4) is 0 Å². The van der Waals surface area contributed by atoms with E-state index in [0.29, 0.717) is 28.7 Å². The minimum Gasteiger partial charge on any atom is -0.479 e. The van der Waals surface area contributed by atoms with E-state index in [1.54, 1.807) is 30.3 Å². The average Bonchev–Trinajstić information content (AvgIpc) is 3.19. The number of sulfonamides is 1. The number of nitrogens with zero attached hydrogens (tertiary/aromatic N) is 2. The van der Waals surface area contributed by atoms with Crippen LogP contribution in [-0.2, 0) is 21.2 Å². The van der Waals surface area contributed by atoms with Gasteiger partial charge in [0.05, 0.1) is 17.1 Å². The van der Waals surface area contributed by atoms with Gasteiger partial charge in [-0.15, -0.1) is 11.3 Å². The molecule has 0 spiro atoms. The van der Waals surface area contributed by atoms with Crippen LogP contribution in [0, 0.1) is 0 Å². The maximum absolute atomic E-state index is 12.4. The number of nitrogens with one attached hydrogen (secondary N) is 1. The van der Waals surface area contributed by atoms with Gasteiger partial charge in [-0.3, -0.25) is 9.52 Å². The maximum Gasteiger partial charge on any atom is 0.267 e. The number of ether oxygens (including phenoxy) is 1. The SMILES string of the molecule is CC1Oc2ccc(-c3csc(NS(=O)(=O)CCc4ccccc4)n3)cc2N(C)C1=O. The van der Waals surface area contributed by atoms with E-state index in [2.05, 4.69) is 9.71 Å². The highest BCUT2D eigenvalue weighted by atomic mass is 32.2. The van der Waals surface area contributed by atoms with E-state index in [1.807, 2.05) is 42.5 Å². The standard InChI is InChI=1S/C21H21N3O4S2/c1-14-20(25)24(2)18-12-16(8-9-19(18)28-14)17-13-29-21(22-17)23-30(26,27)11-10-15-6-4-3-5-7-15/h3-9,12-14H,10-11H2,1-2H3,(H,22,23). The van der Waals surface area contributed by atoms with Gasteiger partial charge in [0.2, 0.25) is 10.0 Å². The van der Waals surface area contributed by atoms with Gasteiger partial charge in [-0.25, -0.2) is 13.4 Å². The number of likely N-dealkylation sites (N-methyl/N-ethyl adjacent to an activating group) is 1. The lowest BCUT2D eigenvalue weighted by Crippen LogP contribution is -2.41. The van der Waals surface area contributed by atoms with Gasteiger partial charge in [0.1, 0.15) is 5.75 Å². The van der Waals surface area contributed by atoms with Crippen molar-refractivity contribution in [3.05, 3.63) is 59.5 Å². The van der Waals surface area contributed by atoms with Gasteiger partial charge >= 0.3 is 0 Å². The summed E-state index contributed by atoms with van der Waals surface area (Å²) in [5.74, 6) is 0.489. The summed E-state index contributed by atoms with van der Waals surface area (Å²) in [6.07, 6.45) is -0.0950. The van der Waals surface area contributed by atoms with E-state index < -0.39 is 16.1 Å². The smallest absolute Gasteiger partial charge is 0.267 e. The molecule has 0 radical (unpaired) electrons. The molecule has 2 aromatic carbocycles. The molecule has 3 aromatic rings. The van der Waals surface area contributed by atoms with Crippen LogP contribution in [0.15, 0.2) is 53.9 Å². The van der Waals surface area contributed by atoms with E-state index in [4.69, 9.17) is 4.74 Å². The number of rotatable bonds is 6. The van der Waals surface area contributed by atoms with E-state index >= 15 is 0 Å². The Hall–Kier alpha value is -2.91. The molecule has 1 aromatic heterocycles. The number of aromatic nitrogens is 1. The molecule has 1 amide bonds. The van der Waals surface area contributed by atoms with Crippen molar-refractivity contribution in [3.8, 4) is 17.0 Å². The number of hydrogen-bond acceptors (Lipinski definition) is 6. The van der Waals surface area contributed by atoms with Crippen LogP contribution >= 0.6 is 11.3 Å². The number of thiazole rings is 1. The highest BCUT2D eigenvalue weighted by molar-refractivity contribution is 7.92. The van der Waals surface area contributed by atoms with Crippen molar-refractivity contribution in [2.75, 3.05) is 22.4 Å². The van der Waals surface area contributed by atoms with E-state index in [0.717, 1.165) is 11.1 Å². The maximum atomic E-state index is 12.4. The zero-order valence-electron chi connectivity index (χ0n) is 16.5.